The maximum Gasteiger partial charge on any atom is 0.259 e. The Morgan fingerprint density at radius 1 is 1.24 bits per heavy atom. The summed E-state index contributed by atoms with van der Waals surface area (Å²) in [5.41, 5.74) is 0.857. The Morgan fingerprint density at radius 3 is 2.74 bits per heavy atom. The van der Waals surface area contributed by atoms with Crippen molar-refractivity contribution in [3.8, 4) is 16.9 Å². The number of nitrogens with zero attached hydrogens (tertiary/aromatic N) is 3. The van der Waals surface area contributed by atoms with Crippen molar-refractivity contribution in [1.29, 1.82) is 0 Å². The number of ketones is 1. The van der Waals surface area contributed by atoms with Crippen LogP contribution in [0.4, 0.5) is 9.52 Å². The van der Waals surface area contributed by atoms with Crippen molar-refractivity contribution in [2.75, 3.05) is 12.4 Å². The van der Waals surface area contributed by atoms with Gasteiger partial charge in [0.25, 0.3) is 5.91 Å². The zero-order chi connectivity index (χ0) is 26.6. The van der Waals surface area contributed by atoms with Gasteiger partial charge in [-0.1, -0.05) is 22.9 Å². The van der Waals surface area contributed by atoms with Crippen LogP contribution in [-0.4, -0.2) is 39.6 Å². The Kier molecular flexibility index (Phi) is 6.44. The number of anilines is 1. The van der Waals surface area contributed by atoms with Gasteiger partial charge in [0.15, 0.2) is 5.82 Å². The van der Waals surface area contributed by atoms with E-state index in [0.29, 0.717) is 33.1 Å². The number of benzene rings is 1. The number of hydrogen-bond acceptors (Lipinski definition) is 8. The second-order valence-corrected chi connectivity index (χ2v) is 12.0. The Morgan fingerprint density at radius 2 is 2.00 bits per heavy atom. The largest absolute Gasteiger partial charge is 0.496 e. The van der Waals surface area contributed by atoms with Gasteiger partial charge in [0.05, 0.1) is 28.9 Å². The topological polar surface area (TPSA) is 103 Å². The maximum atomic E-state index is 15.1. The highest BCUT2D eigenvalue weighted by atomic mass is 35.5. The van der Waals surface area contributed by atoms with E-state index in [2.05, 4.69) is 20.5 Å². The van der Waals surface area contributed by atoms with Crippen LogP contribution in [0.15, 0.2) is 24.4 Å². The van der Waals surface area contributed by atoms with Crippen molar-refractivity contribution >= 4 is 39.8 Å². The number of rotatable bonds is 7. The molecule has 198 valence electrons. The quantitative estimate of drug-likeness (QED) is 0.402. The van der Waals surface area contributed by atoms with Gasteiger partial charge in [0.2, 0.25) is 5.13 Å². The summed E-state index contributed by atoms with van der Waals surface area (Å²) in [7, 11) is 1.42. The zero-order valence-electron chi connectivity index (χ0n) is 20.9. The van der Waals surface area contributed by atoms with Gasteiger partial charge in [0.1, 0.15) is 23.1 Å². The molecular weight excluding hydrogens is 531 g/mol. The minimum absolute atomic E-state index is 0.0797. The monoisotopic (exact) mass is 556 g/mol. The van der Waals surface area contributed by atoms with Gasteiger partial charge in [0, 0.05) is 29.3 Å². The molecule has 1 amide bonds. The predicted octanol–water partition coefficient (Wildman–Crippen LogP) is 5.63. The maximum absolute atomic E-state index is 15.1. The minimum Gasteiger partial charge on any atom is -0.496 e. The molecule has 0 saturated heterocycles. The van der Waals surface area contributed by atoms with Crippen LogP contribution in [0.25, 0.3) is 11.1 Å². The first kappa shape index (κ1) is 25.3. The number of carbonyl (C=O) groups excluding carboxylic acids is 2. The molecule has 2 aromatic heterocycles. The van der Waals surface area contributed by atoms with Crippen molar-refractivity contribution in [2.45, 2.75) is 51.2 Å². The summed E-state index contributed by atoms with van der Waals surface area (Å²) in [4.78, 5) is 30.0. The fourth-order valence-corrected chi connectivity index (χ4v) is 7.30. The van der Waals surface area contributed by atoms with Crippen molar-refractivity contribution in [1.82, 2.24) is 15.2 Å². The molecule has 4 aliphatic carbocycles. The van der Waals surface area contributed by atoms with E-state index in [4.69, 9.17) is 21.1 Å². The van der Waals surface area contributed by atoms with E-state index in [0.717, 1.165) is 32.1 Å². The first-order valence-corrected chi connectivity index (χ1v) is 13.7. The molecule has 4 aliphatic rings. The molecule has 0 aliphatic heterocycles. The van der Waals surface area contributed by atoms with Crippen LogP contribution in [0.5, 0.6) is 5.75 Å². The first-order valence-electron chi connectivity index (χ1n) is 12.6. The van der Waals surface area contributed by atoms with Crippen LogP contribution in [0, 0.1) is 30.5 Å². The van der Waals surface area contributed by atoms with E-state index in [1.807, 2.05) is 0 Å². The summed E-state index contributed by atoms with van der Waals surface area (Å²) >= 11 is 7.26. The molecular formula is C27H26ClFN4O4S. The normalized spacial score (nSPS) is 25.6. The van der Waals surface area contributed by atoms with E-state index in [-0.39, 0.29) is 45.9 Å². The molecule has 1 aromatic carbocycles. The van der Waals surface area contributed by atoms with Crippen molar-refractivity contribution in [3.05, 3.63) is 51.5 Å². The van der Waals surface area contributed by atoms with Crippen LogP contribution in [0.2, 0.25) is 5.02 Å². The fraction of sp³-hybridized carbons (Fsp3) is 0.444. The van der Waals surface area contributed by atoms with E-state index in [1.54, 1.807) is 19.1 Å². The minimum atomic E-state index is -0.688. The number of methoxy groups -OCH3 is 1. The first-order chi connectivity index (χ1) is 18.2. The number of nitrogens with one attached hydrogen (secondary N) is 1. The van der Waals surface area contributed by atoms with Crippen molar-refractivity contribution in [3.63, 3.8) is 0 Å². The Bertz CT molecular complexity index is 1430. The number of halogens is 2. The van der Waals surface area contributed by atoms with E-state index in [9.17, 15) is 9.59 Å². The second-order valence-electron chi connectivity index (χ2n) is 10.5. The lowest BCUT2D eigenvalue weighted by Gasteiger charge is -2.55. The van der Waals surface area contributed by atoms with Gasteiger partial charge in [-0.05, 0) is 63.1 Å². The number of pyridine rings is 1. The van der Waals surface area contributed by atoms with Crippen LogP contribution >= 0.6 is 22.9 Å². The number of aryl methyl sites for hydroxylation is 1. The van der Waals surface area contributed by atoms with Gasteiger partial charge in [-0.2, -0.15) is 0 Å². The summed E-state index contributed by atoms with van der Waals surface area (Å²) in [6.07, 6.45) is 5.94. The van der Waals surface area contributed by atoms with E-state index in [1.165, 1.54) is 30.7 Å². The molecule has 7 rings (SSSR count). The van der Waals surface area contributed by atoms with Crippen LogP contribution < -0.4 is 10.1 Å². The SMILES string of the molecule is COc1ccc(Cl)c(F)c1-c1cc(C)ncc1C(=O)Nc1nnc(COC23CC4CC(C2)C(=O)C(C4)C3)s1. The molecule has 4 saturated carbocycles. The third kappa shape index (κ3) is 4.48. The Labute approximate surface area is 227 Å². The molecule has 8 nitrogen and oxygen atoms in total. The highest BCUT2D eigenvalue weighted by Gasteiger charge is 2.55. The standard InChI is InChI=1S/C27H26ClFN4O4S/c1-13-5-17(22-20(36-2)4-3-19(28)23(22)29)18(11-30-13)25(35)31-26-33-32-21(38-26)12-37-27-8-14-6-15(9-27)24(34)16(7-14)10-27/h3-5,11,14-16H,6-10,12H2,1-2H3,(H,31,33,35). The Balaban J connectivity index is 1.19. The summed E-state index contributed by atoms with van der Waals surface area (Å²) in [6.45, 7) is 2.02. The van der Waals surface area contributed by atoms with E-state index >= 15 is 4.39 Å². The van der Waals surface area contributed by atoms with Crippen LogP contribution in [-0.2, 0) is 16.1 Å². The lowest BCUT2D eigenvalue weighted by atomic mass is 9.53. The lowest BCUT2D eigenvalue weighted by molar-refractivity contribution is -0.179. The lowest BCUT2D eigenvalue weighted by Crippen LogP contribution is -2.56. The average Bonchev–Trinajstić information content (AvgIpc) is 3.34. The number of carbonyl (C=O) groups is 2. The molecule has 3 aromatic rings. The molecule has 2 heterocycles. The van der Waals surface area contributed by atoms with Gasteiger partial charge >= 0.3 is 0 Å². The molecule has 4 fully saturated rings. The molecule has 1 N–H and O–H groups in total. The summed E-state index contributed by atoms with van der Waals surface area (Å²) in [5, 5.41) is 11.9. The van der Waals surface area contributed by atoms with Gasteiger partial charge in [-0.3, -0.25) is 19.9 Å². The molecule has 11 heteroatoms. The van der Waals surface area contributed by atoms with Crippen LogP contribution in [0.1, 0.15) is 53.2 Å². The third-order valence-corrected chi connectivity index (χ3v) is 9.06. The molecule has 0 spiro atoms. The third-order valence-electron chi connectivity index (χ3n) is 7.96. The fourth-order valence-electron chi connectivity index (χ4n) is 6.50. The number of hydrogen-bond donors (Lipinski definition) is 1. The molecule has 2 unspecified atom stereocenters. The summed E-state index contributed by atoms with van der Waals surface area (Å²) < 4.78 is 26.8. The number of amides is 1. The number of aromatic nitrogens is 3. The zero-order valence-corrected chi connectivity index (χ0v) is 22.5. The van der Waals surface area contributed by atoms with Gasteiger partial charge < -0.3 is 9.47 Å². The van der Waals surface area contributed by atoms with Gasteiger partial charge in [-0.15, -0.1) is 10.2 Å². The highest BCUT2D eigenvalue weighted by Crippen LogP contribution is 2.55. The molecule has 0 radical (unpaired) electrons. The van der Waals surface area contributed by atoms with E-state index < -0.39 is 11.7 Å². The predicted molar refractivity (Wildman–Crippen MR) is 140 cm³/mol. The summed E-state index contributed by atoms with van der Waals surface area (Å²) in [6, 6.07) is 4.57. The smallest absolute Gasteiger partial charge is 0.259 e. The highest BCUT2D eigenvalue weighted by molar-refractivity contribution is 7.15. The number of ether oxygens (including phenoxy) is 2. The van der Waals surface area contributed by atoms with Crippen molar-refractivity contribution in [2.24, 2.45) is 17.8 Å². The van der Waals surface area contributed by atoms with Crippen LogP contribution in [0.3, 0.4) is 0 Å². The van der Waals surface area contributed by atoms with Gasteiger partial charge in [-0.25, -0.2) is 4.39 Å². The number of Topliss-reactive ketones (excluding diaryl/α,β-unsaturated/α-hetero) is 1. The average molecular weight is 557 g/mol. The molecule has 4 bridgehead atoms. The molecule has 2 atom stereocenters. The van der Waals surface area contributed by atoms with Crippen molar-refractivity contribution < 1.29 is 23.5 Å². The summed E-state index contributed by atoms with van der Waals surface area (Å²) in [5.74, 6) is 0.283. The second kappa shape index (κ2) is 9.66. The molecule has 38 heavy (non-hydrogen) atoms. The Hall–Kier alpha value is -2.95.